The molecular weight excluding hydrogens is 428 g/mol. The van der Waals surface area contributed by atoms with Crippen molar-refractivity contribution in [2.45, 2.75) is 17.2 Å². The number of thioether (sulfide) groups is 1. The molecule has 0 aliphatic heterocycles. The van der Waals surface area contributed by atoms with Crippen LogP contribution in [0.2, 0.25) is 5.02 Å². The summed E-state index contributed by atoms with van der Waals surface area (Å²) in [6, 6.07) is 9.23. The number of rotatable bonds is 6. The van der Waals surface area contributed by atoms with Gasteiger partial charge >= 0.3 is 0 Å². The van der Waals surface area contributed by atoms with E-state index in [2.05, 4.69) is 10.1 Å². The molecule has 10 heteroatoms. The van der Waals surface area contributed by atoms with Gasteiger partial charge in [-0.3, -0.25) is 4.79 Å². The molecule has 1 aromatic carbocycles. The van der Waals surface area contributed by atoms with E-state index in [4.69, 9.17) is 23.8 Å². The molecular formula is C16H11ClN4OS4. The van der Waals surface area contributed by atoms with Gasteiger partial charge in [-0.05, 0) is 43.4 Å². The third kappa shape index (κ3) is 4.39. The molecule has 0 aliphatic carbocycles. The Morgan fingerprint density at radius 3 is 2.81 bits per heavy atom. The monoisotopic (exact) mass is 438 g/mol. The van der Waals surface area contributed by atoms with Gasteiger partial charge in [-0.15, -0.1) is 16.4 Å². The molecule has 0 aliphatic rings. The summed E-state index contributed by atoms with van der Waals surface area (Å²) >= 11 is 15.2. The Kier molecular flexibility index (Phi) is 6.21. The first kappa shape index (κ1) is 19.2. The number of nitriles is 1. The predicted molar refractivity (Wildman–Crippen MR) is 108 cm³/mol. The molecule has 0 amide bonds. The fourth-order valence-electron chi connectivity index (χ4n) is 2.05. The molecule has 0 spiro atoms. The van der Waals surface area contributed by atoms with E-state index in [0.29, 0.717) is 18.3 Å². The minimum Gasteiger partial charge on any atom is -0.297 e. The van der Waals surface area contributed by atoms with Gasteiger partial charge in [0, 0.05) is 16.1 Å². The van der Waals surface area contributed by atoms with Crippen molar-refractivity contribution in [3.8, 4) is 11.8 Å². The Morgan fingerprint density at radius 1 is 1.46 bits per heavy atom. The lowest BCUT2D eigenvalue weighted by molar-refractivity contribution is -0.116. The van der Waals surface area contributed by atoms with E-state index < -0.39 is 5.92 Å². The maximum atomic E-state index is 12.4. The number of thiazole rings is 1. The molecule has 5 nitrogen and oxygen atoms in total. The number of carbonyl (C=O) groups excluding carboxylic acids is 1. The lowest BCUT2D eigenvalue weighted by Gasteiger charge is -2.03. The van der Waals surface area contributed by atoms with Gasteiger partial charge in [0.1, 0.15) is 5.01 Å². The van der Waals surface area contributed by atoms with Crippen molar-refractivity contribution in [3.05, 3.63) is 49.3 Å². The highest BCUT2D eigenvalue weighted by atomic mass is 35.5. The van der Waals surface area contributed by atoms with Crippen LogP contribution in [0, 0.1) is 22.2 Å². The van der Waals surface area contributed by atoms with Gasteiger partial charge in [0.2, 0.25) is 0 Å². The van der Waals surface area contributed by atoms with Crippen molar-refractivity contribution in [1.82, 2.24) is 14.8 Å². The van der Waals surface area contributed by atoms with Gasteiger partial charge in [0.25, 0.3) is 0 Å². The summed E-state index contributed by atoms with van der Waals surface area (Å²) in [6.45, 7) is 1.84. The smallest absolute Gasteiger partial charge is 0.184 e. The third-order valence-corrected chi connectivity index (χ3v) is 6.94. The average molecular weight is 439 g/mol. The second-order valence-corrected chi connectivity index (χ2v) is 9.34. The lowest BCUT2D eigenvalue weighted by Crippen LogP contribution is -2.13. The number of aromatic nitrogens is 3. The summed E-state index contributed by atoms with van der Waals surface area (Å²) in [6.07, 6.45) is 0. The van der Waals surface area contributed by atoms with Crippen molar-refractivity contribution in [3.63, 3.8) is 0 Å². The molecule has 3 aromatic rings. The number of hydrogen-bond donors (Lipinski definition) is 0. The molecule has 2 aromatic heterocycles. The number of aryl methyl sites for hydroxylation is 1. The van der Waals surface area contributed by atoms with E-state index in [1.54, 1.807) is 16.8 Å². The first-order valence-electron chi connectivity index (χ1n) is 7.31. The summed E-state index contributed by atoms with van der Waals surface area (Å²) in [5, 5.41) is 16.8. The highest BCUT2D eigenvalue weighted by Gasteiger charge is 2.23. The summed E-state index contributed by atoms with van der Waals surface area (Å²) in [5.41, 5.74) is 1.62. The second-order valence-electron chi connectivity index (χ2n) is 5.17. The zero-order valence-electron chi connectivity index (χ0n) is 13.4. The van der Waals surface area contributed by atoms with Gasteiger partial charge in [0.05, 0.1) is 17.5 Å². The van der Waals surface area contributed by atoms with Gasteiger partial charge < -0.3 is 0 Å². The fourth-order valence-corrected chi connectivity index (χ4v) is 5.30. The Morgan fingerprint density at radius 2 is 2.19 bits per heavy atom. The molecule has 0 saturated carbocycles. The van der Waals surface area contributed by atoms with Crippen LogP contribution in [0.1, 0.15) is 16.6 Å². The normalized spacial score (nSPS) is 11.9. The Hall–Kier alpha value is -1.57. The van der Waals surface area contributed by atoms with E-state index in [-0.39, 0.29) is 11.5 Å². The number of ketones is 1. The summed E-state index contributed by atoms with van der Waals surface area (Å²) in [4.78, 5) is 16.7. The van der Waals surface area contributed by atoms with Crippen LogP contribution < -0.4 is 0 Å². The molecule has 2 heterocycles. The third-order valence-electron chi connectivity index (χ3n) is 3.27. The van der Waals surface area contributed by atoms with Crippen LogP contribution in [-0.4, -0.2) is 26.3 Å². The van der Waals surface area contributed by atoms with Crippen molar-refractivity contribution < 1.29 is 4.79 Å². The first-order chi connectivity index (χ1) is 12.5. The fraction of sp³-hybridized carbons (Fsp3) is 0.188. The molecule has 26 heavy (non-hydrogen) atoms. The molecule has 0 N–H and O–H groups in total. The summed E-state index contributed by atoms with van der Waals surface area (Å²) < 4.78 is 2.88. The molecule has 0 fully saturated rings. The standard InChI is InChI=1S/C16H11ClN4OS4/c1-9-7-24-14(19-9)12(6-18)13(22)8-25-15-20-21(16(23)26-15)11-4-2-10(17)3-5-11/h2-5,7,12H,8H2,1H3/t12-/m0/s1. The van der Waals surface area contributed by atoms with E-state index in [1.807, 2.05) is 30.5 Å². The van der Waals surface area contributed by atoms with Crippen LogP contribution in [0.15, 0.2) is 34.0 Å². The van der Waals surface area contributed by atoms with E-state index in [1.165, 1.54) is 34.4 Å². The largest absolute Gasteiger partial charge is 0.297 e. The molecule has 0 unspecified atom stereocenters. The topological polar surface area (TPSA) is 71.6 Å². The maximum Gasteiger partial charge on any atom is 0.184 e. The van der Waals surface area contributed by atoms with E-state index >= 15 is 0 Å². The van der Waals surface area contributed by atoms with Crippen molar-refractivity contribution in [2.24, 2.45) is 0 Å². The molecule has 1 atom stereocenters. The molecule has 0 saturated heterocycles. The highest BCUT2D eigenvalue weighted by Crippen LogP contribution is 2.27. The number of halogens is 1. The average Bonchev–Trinajstić information content (AvgIpc) is 3.20. The Labute approximate surface area is 172 Å². The van der Waals surface area contributed by atoms with Gasteiger partial charge in [-0.1, -0.05) is 34.7 Å². The molecule has 0 bridgehead atoms. The van der Waals surface area contributed by atoms with Crippen molar-refractivity contribution >= 4 is 64.0 Å². The Bertz CT molecular complexity index is 1030. The second kappa shape index (κ2) is 8.41. The van der Waals surface area contributed by atoms with Crippen LogP contribution in [0.4, 0.5) is 0 Å². The van der Waals surface area contributed by atoms with E-state index in [0.717, 1.165) is 11.4 Å². The van der Waals surface area contributed by atoms with Crippen molar-refractivity contribution in [1.29, 1.82) is 5.26 Å². The van der Waals surface area contributed by atoms with Gasteiger partial charge in [-0.2, -0.15) is 5.26 Å². The molecule has 132 valence electrons. The van der Waals surface area contributed by atoms with Crippen LogP contribution in [0.3, 0.4) is 0 Å². The van der Waals surface area contributed by atoms with Crippen LogP contribution in [0.5, 0.6) is 0 Å². The van der Waals surface area contributed by atoms with E-state index in [9.17, 15) is 10.1 Å². The van der Waals surface area contributed by atoms with Crippen LogP contribution >= 0.6 is 58.3 Å². The first-order valence-corrected chi connectivity index (χ1v) is 10.8. The highest BCUT2D eigenvalue weighted by molar-refractivity contribution is 8.01. The number of carbonyl (C=O) groups is 1. The number of benzene rings is 1. The van der Waals surface area contributed by atoms with Gasteiger partial charge in [0.15, 0.2) is 20.0 Å². The van der Waals surface area contributed by atoms with Crippen LogP contribution in [0.25, 0.3) is 5.69 Å². The molecule has 0 radical (unpaired) electrons. The summed E-state index contributed by atoms with van der Waals surface area (Å²) in [5.74, 6) is -0.890. The minimum absolute atomic E-state index is 0.139. The number of Topliss-reactive ketones (excluding diaryl/α,β-unsaturated/α-hetero) is 1. The maximum absolute atomic E-state index is 12.4. The predicted octanol–water partition coefficient (Wildman–Crippen LogP) is 5.05. The van der Waals surface area contributed by atoms with Crippen molar-refractivity contribution in [2.75, 3.05) is 5.75 Å². The lowest BCUT2D eigenvalue weighted by atomic mass is 10.1. The zero-order chi connectivity index (χ0) is 18.7. The van der Waals surface area contributed by atoms with Crippen LogP contribution in [-0.2, 0) is 4.79 Å². The number of nitrogens with zero attached hydrogens (tertiary/aromatic N) is 4. The Balaban J connectivity index is 1.71. The quantitative estimate of drug-likeness (QED) is 0.396. The molecule has 3 rings (SSSR count). The summed E-state index contributed by atoms with van der Waals surface area (Å²) in [7, 11) is 0. The number of hydrogen-bond acceptors (Lipinski definition) is 8. The minimum atomic E-state index is -0.840. The zero-order valence-corrected chi connectivity index (χ0v) is 17.4. The van der Waals surface area contributed by atoms with Gasteiger partial charge in [-0.25, -0.2) is 9.67 Å². The SMILES string of the molecule is Cc1csc([C@@H](C#N)C(=O)CSc2nn(-c3ccc(Cl)cc3)c(=S)s2)n1.